The molecule has 1 aliphatic heterocycles. The second-order valence-corrected chi connectivity index (χ2v) is 7.03. The molecule has 1 aliphatic rings. The molecule has 2 rings (SSSR count). The van der Waals surface area contributed by atoms with E-state index in [0.717, 1.165) is 12.3 Å². The van der Waals surface area contributed by atoms with Gasteiger partial charge in [-0.05, 0) is 24.1 Å². The molecule has 1 saturated heterocycles. The molecule has 9 heteroatoms. The summed E-state index contributed by atoms with van der Waals surface area (Å²) in [6.07, 6.45) is 1.77. The van der Waals surface area contributed by atoms with Crippen LogP contribution in [0, 0.1) is 5.82 Å². The quantitative estimate of drug-likeness (QED) is 0.855. The van der Waals surface area contributed by atoms with Crippen LogP contribution in [0.15, 0.2) is 18.2 Å². The first-order chi connectivity index (χ1) is 10.2. The van der Waals surface area contributed by atoms with Crippen molar-refractivity contribution in [1.82, 2.24) is 9.62 Å². The summed E-state index contributed by atoms with van der Waals surface area (Å²) < 4.78 is 66.6. The minimum absolute atomic E-state index is 0.165. The number of hydrogen-bond donors (Lipinski definition) is 1. The van der Waals surface area contributed by atoms with Crippen LogP contribution in [-0.4, -0.2) is 45.3 Å². The summed E-state index contributed by atoms with van der Waals surface area (Å²) in [5.74, 6) is -1.33. The molecule has 0 saturated carbocycles. The Morgan fingerprint density at radius 3 is 2.77 bits per heavy atom. The fourth-order valence-corrected chi connectivity index (χ4v) is 3.27. The maximum Gasteiger partial charge on any atom is 0.387 e. The summed E-state index contributed by atoms with van der Waals surface area (Å²) in [5, 5.41) is 0. The van der Waals surface area contributed by atoms with Crippen LogP contribution in [-0.2, 0) is 16.6 Å². The van der Waals surface area contributed by atoms with Gasteiger partial charge in [-0.1, -0.05) is 6.07 Å². The van der Waals surface area contributed by atoms with Gasteiger partial charge in [-0.3, -0.25) is 4.90 Å². The van der Waals surface area contributed by atoms with Crippen LogP contribution < -0.4 is 9.46 Å². The molecule has 0 amide bonds. The van der Waals surface area contributed by atoms with Gasteiger partial charge in [-0.25, -0.2) is 17.5 Å². The number of sulfonamides is 1. The van der Waals surface area contributed by atoms with Gasteiger partial charge in [0.2, 0.25) is 10.0 Å². The van der Waals surface area contributed by atoms with Crippen molar-refractivity contribution in [3.05, 3.63) is 29.6 Å². The van der Waals surface area contributed by atoms with Gasteiger partial charge in [0.05, 0.1) is 6.26 Å². The molecule has 1 atom stereocenters. The lowest BCUT2D eigenvalue weighted by Gasteiger charge is -2.17. The first kappa shape index (κ1) is 17.0. The molecule has 22 heavy (non-hydrogen) atoms. The number of ether oxygens (including phenoxy) is 1. The van der Waals surface area contributed by atoms with Gasteiger partial charge < -0.3 is 4.74 Å². The van der Waals surface area contributed by atoms with Crippen molar-refractivity contribution >= 4 is 10.0 Å². The Labute approximate surface area is 127 Å². The molecule has 5 nitrogen and oxygen atoms in total. The first-order valence-corrected chi connectivity index (χ1v) is 8.55. The first-order valence-electron chi connectivity index (χ1n) is 6.66. The number of likely N-dealkylation sites (tertiary alicyclic amines) is 1. The lowest BCUT2D eigenvalue weighted by molar-refractivity contribution is -0.0522. The van der Waals surface area contributed by atoms with Crippen molar-refractivity contribution in [1.29, 1.82) is 0 Å². The molecule has 0 unspecified atom stereocenters. The second-order valence-electron chi connectivity index (χ2n) is 5.25. The summed E-state index contributed by atoms with van der Waals surface area (Å²) in [6, 6.07) is 3.66. The molecule has 1 aromatic carbocycles. The van der Waals surface area contributed by atoms with Crippen molar-refractivity contribution < 1.29 is 26.3 Å². The third kappa shape index (κ3) is 5.15. The Hall–Kier alpha value is -1.32. The van der Waals surface area contributed by atoms with Crippen LogP contribution in [0.25, 0.3) is 0 Å². The van der Waals surface area contributed by atoms with Crippen molar-refractivity contribution in [3.8, 4) is 5.75 Å². The zero-order valence-electron chi connectivity index (χ0n) is 11.9. The Balaban J connectivity index is 1.93. The number of nitrogens with zero attached hydrogens (tertiary/aromatic N) is 1. The van der Waals surface area contributed by atoms with Crippen molar-refractivity contribution in [2.24, 2.45) is 0 Å². The minimum atomic E-state index is -3.25. The fraction of sp³-hybridized carbons (Fsp3) is 0.538. The highest BCUT2D eigenvalue weighted by molar-refractivity contribution is 7.88. The van der Waals surface area contributed by atoms with E-state index in [1.54, 1.807) is 0 Å². The fourth-order valence-electron chi connectivity index (χ4n) is 2.47. The van der Waals surface area contributed by atoms with Crippen LogP contribution in [0.5, 0.6) is 5.75 Å². The van der Waals surface area contributed by atoms with Gasteiger partial charge in [0.1, 0.15) is 0 Å². The lowest BCUT2D eigenvalue weighted by Crippen LogP contribution is -2.36. The zero-order valence-corrected chi connectivity index (χ0v) is 12.7. The van der Waals surface area contributed by atoms with Gasteiger partial charge in [0.25, 0.3) is 0 Å². The van der Waals surface area contributed by atoms with Crippen LogP contribution >= 0.6 is 0 Å². The van der Waals surface area contributed by atoms with Crippen LogP contribution in [0.1, 0.15) is 12.0 Å². The van der Waals surface area contributed by atoms with Gasteiger partial charge in [-0.2, -0.15) is 8.78 Å². The van der Waals surface area contributed by atoms with Crippen LogP contribution in [0.3, 0.4) is 0 Å². The predicted octanol–water partition coefficient (Wildman–Crippen LogP) is 1.55. The van der Waals surface area contributed by atoms with Gasteiger partial charge >= 0.3 is 6.61 Å². The molecular formula is C13H17F3N2O3S. The zero-order chi connectivity index (χ0) is 16.3. The molecule has 0 spiro atoms. The number of hydrogen-bond acceptors (Lipinski definition) is 4. The summed E-state index contributed by atoms with van der Waals surface area (Å²) in [5.41, 5.74) is 0.610. The maximum absolute atomic E-state index is 13.6. The summed E-state index contributed by atoms with van der Waals surface area (Å²) >= 11 is 0. The highest BCUT2D eigenvalue weighted by Crippen LogP contribution is 2.22. The number of alkyl halides is 2. The van der Waals surface area contributed by atoms with E-state index in [2.05, 4.69) is 9.46 Å². The van der Waals surface area contributed by atoms with E-state index in [0.29, 0.717) is 31.6 Å². The van der Waals surface area contributed by atoms with Crippen LogP contribution in [0.4, 0.5) is 13.2 Å². The van der Waals surface area contributed by atoms with E-state index in [1.165, 1.54) is 12.1 Å². The number of rotatable bonds is 6. The molecule has 1 fully saturated rings. The molecule has 0 aromatic heterocycles. The SMILES string of the molecule is CS(=O)(=O)N[C@@H]1CCN(Cc2ccc(OC(F)F)c(F)c2)C1. The minimum Gasteiger partial charge on any atom is -0.432 e. The van der Waals surface area contributed by atoms with E-state index in [4.69, 9.17) is 0 Å². The predicted molar refractivity (Wildman–Crippen MR) is 74.7 cm³/mol. The molecule has 1 N–H and O–H groups in total. The topological polar surface area (TPSA) is 58.6 Å². The molecule has 1 aromatic rings. The maximum atomic E-state index is 13.6. The lowest BCUT2D eigenvalue weighted by atomic mass is 10.2. The number of benzene rings is 1. The number of nitrogens with one attached hydrogen (secondary N) is 1. The second kappa shape index (κ2) is 6.84. The van der Waals surface area contributed by atoms with E-state index in [1.807, 2.05) is 4.90 Å². The third-order valence-corrected chi connectivity index (χ3v) is 4.03. The molecular weight excluding hydrogens is 321 g/mol. The number of halogens is 3. The third-order valence-electron chi connectivity index (χ3n) is 3.27. The molecule has 124 valence electrons. The van der Waals surface area contributed by atoms with Gasteiger partial charge in [0.15, 0.2) is 11.6 Å². The highest BCUT2D eigenvalue weighted by Gasteiger charge is 2.25. The average Bonchev–Trinajstić information content (AvgIpc) is 2.77. The van der Waals surface area contributed by atoms with Gasteiger partial charge in [-0.15, -0.1) is 0 Å². The van der Waals surface area contributed by atoms with E-state index in [-0.39, 0.29) is 6.04 Å². The van der Waals surface area contributed by atoms with Crippen molar-refractivity contribution in [3.63, 3.8) is 0 Å². The molecule has 1 heterocycles. The van der Waals surface area contributed by atoms with Crippen LogP contribution in [0.2, 0.25) is 0 Å². The summed E-state index contributed by atoms with van der Waals surface area (Å²) in [6.45, 7) is -1.47. The monoisotopic (exact) mass is 338 g/mol. The van der Waals surface area contributed by atoms with E-state index < -0.39 is 28.2 Å². The summed E-state index contributed by atoms with van der Waals surface area (Å²) in [4.78, 5) is 1.96. The molecule has 0 bridgehead atoms. The molecule has 0 radical (unpaired) electrons. The van der Waals surface area contributed by atoms with Crippen molar-refractivity contribution in [2.75, 3.05) is 19.3 Å². The smallest absolute Gasteiger partial charge is 0.387 e. The van der Waals surface area contributed by atoms with E-state index >= 15 is 0 Å². The Morgan fingerprint density at radius 2 is 2.18 bits per heavy atom. The summed E-state index contributed by atoms with van der Waals surface area (Å²) in [7, 11) is -3.25. The standard InChI is InChI=1S/C13H17F3N2O3S/c1-22(19,20)17-10-4-5-18(8-10)7-9-2-3-12(11(14)6-9)21-13(15)16/h2-3,6,10,13,17H,4-5,7-8H2,1H3/t10-/m1/s1. The van der Waals surface area contributed by atoms with Gasteiger partial charge in [0, 0.05) is 25.7 Å². The van der Waals surface area contributed by atoms with E-state index in [9.17, 15) is 21.6 Å². The normalized spacial score (nSPS) is 19.8. The average molecular weight is 338 g/mol. The Morgan fingerprint density at radius 1 is 1.45 bits per heavy atom. The van der Waals surface area contributed by atoms with Crippen molar-refractivity contribution in [2.45, 2.75) is 25.6 Å². The highest BCUT2D eigenvalue weighted by atomic mass is 32.2. The molecule has 0 aliphatic carbocycles. The Kier molecular flexibility index (Phi) is 5.30. The Bertz CT molecular complexity index is 625. The largest absolute Gasteiger partial charge is 0.432 e.